The zero-order valence-corrected chi connectivity index (χ0v) is 13.9. The molecule has 1 amide bonds. The van der Waals surface area contributed by atoms with Crippen molar-refractivity contribution in [3.05, 3.63) is 17.5 Å². The van der Waals surface area contributed by atoms with E-state index in [-0.39, 0.29) is 17.9 Å². The molecule has 1 saturated heterocycles. The predicted molar refractivity (Wildman–Crippen MR) is 84.5 cm³/mol. The van der Waals surface area contributed by atoms with Gasteiger partial charge < -0.3 is 24.8 Å². The Morgan fingerprint density at radius 2 is 2.26 bits per heavy atom. The maximum Gasteiger partial charge on any atom is 0.254 e. The van der Waals surface area contributed by atoms with Crippen molar-refractivity contribution in [2.24, 2.45) is 5.92 Å². The van der Waals surface area contributed by atoms with Gasteiger partial charge in [-0.25, -0.2) is 9.97 Å². The van der Waals surface area contributed by atoms with Crippen molar-refractivity contribution in [1.82, 2.24) is 15.3 Å². The summed E-state index contributed by atoms with van der Waals surface area (Å²) in [6.07, 6.45) is 0.483. The van der Waals surface area contributed by atoms with Crippen LogP contribution >= 0.6 is 0 Å². The highest BCUT2D eigenvalue weighted by Crippen LogP contribution is 2.17. The average molecular weight is 324 g/mol. The first-order valence-electron chi connectivity index (χ1n) is 7.51. The molecule has 8 nitrogen and oxygen atoms in total. The van der Waals surface area contributed by atoms with Crippen molar-refractivity contribution in [3.8, 4) is 0 Å². The number of hydrogen-bond acceptors (Lipinski definition) is 7. The molecule has 1 aliphatic heterocycles. The molecule has 2 heterocycles. The quantitative estimate of drug-likeness (QED) is 0.761. The van der Waals surface area contributed by atoms with Crippen LogP contribution in [0.2, 0.25) is 0 Å². The van der Waals surface area contributed by atoms with Crippen LogP contribution in [0.3, 0.4) is 0 Å². The molecule has 8 heteroatoms. The second-order valence-electron chi connectivity index (χ2n) is 5.84. The van der Waals surface area contributed by atoms with Gasteiger partial charge in [0.2, 0.25) is 5.95 Å². The van der Waals surface area contributed by atoms with E-state index >= 15 is 0 Å². The van der Waals surface area contributed by atoms with Gasteiger partial charge in [-0.15, -0.1) is 0 Å². The number of carbonyl (C=O) groups excluding carboxylic acids is 1. The fourth-order valence-corrected chi connectivity index (χ4v) is 2.44. The van der Waals surface area contributed by atoms with Crippen molar-refractivity contribution in [2.75, 3.05) is 45.9 Å². The Hall–Kier alpha value is -1.77. The largest absolute Gasteiger partial charge is 0.390 e. The van der Waals surface area contributed by atoms with Gasteiger partial charge in [-0.3, -0.25) is 4.79 Å². The number of nitrogens with zero attached hydrogens (tertiary/aromatic N) is 3. The van der Waals surface area contributed by atoms with Crippen LogP contribution in [0.4, 0.5) is 5.95 Å². The van der Waals surface area contributed by atoms with Crippen LogP contribution in [0, 0.1) is 12.8 Å². The lowest BCUT2D eigenvalue weighted by molar-refractivity contribution is -0.132. The SMILES string of the molecule is CO[C@@H]1COC[C@@H](CNC(=O)c2cnc(N(C)C)nc2C)[C@@H]1O. The standard InChI is InChI=1S/C15H24N4O4/c1-9-11(6-17-15(18-9)19(2)3)14(21)16-5-10-7-23-8-12(22-4)13(10)20/h6,10,12-13,20H,5,7-8H2,1-4H3,(H,16,21)/t10-,12-,13+/m1/s1. The summed E-state index contributed by atoms with van der Waals surface area (Å²) in [4.78, 5) is 22.5. The highest BCUT2D eigenvalue weighted by molar-refractivity contribution is 5.95. The molecule has 0 spiro atoms. The van der Waals surface area contributed by atoms with Gasteiger partial charge in [0.1, 0.15) is 6.10 Å². The molecule has 0 saturated carbocycles. The number of aromatic nitrogens is 2. The number of ether oxygens (including phenoxy) is 2. The summed E-state index contributed by atoms with van der Waals surface area (Å²) in [5.74, 6) is 0.0811. The van der Waals surface area contributed by atoms with E-state index in [0.29, 0.717) is 37.0 Å². The topological polar surface area (TPSA) is 96.8 Å². The number of carbonyl (C=O) groups is 1. The normalized spacial score (nSPS) is 24.3. The summed E-state index contributed by atoms with van der Waals surface area (Å²) in [5.41, 5.74) is 1.03. The molecule has 1 aliphatic rings. The van der Waals surface area contributed by atoms with Crippen molar-refractivity contribution < 1.29 is 19.4 Å². The first kappa shape index (κ1) is 17.6. The van der Waals surface area contributed by atoms with Gasteiger partial charge in [-0.1, -0.05) is 0 Å². The Labute approximate surface area is 135 Å². The summed E-state index contributed by atoms with van der Waals surface area (Å²) in [5, 5.41) is 13.0. The van der Waals surface area contributed by atoms with E-state index in [1.165, 1.54) is 13.3 Å². The van der Waals surface area contributed by atoms with E-state index in [1.807, 2.05) is 14.1 Å². The Bertz CT molecular complexity index is 552. The molecule has 0 aliphatic carbocycles. The summed E-state index contributed by atoms with van der Waals surface area (Å²) >= 11 is 0. The zero-order valence-electron chi connectivity index (χ0n) is 13.9. The molecule has 1 aromatic rings. The Balaban J connectivity index is 1.97. The third-order valence-corrected chi connectivity index (χ3v) is 3.92. The van der Waals surface area contributed by atoms with E-state index in [2.05, 4.69) is 15.3 Å². The van der Waals surface area contributed by atoms with Crippen molar-refractivity contribution in [3.63, 3.8) is 0 Å². The first-order valence-corrected chi connectivity index (χ1v) is 7.51. The summed E-state index contributed by atoms with van der Waals surface area (Å²) in [7, 11) is 5.21. The molecule has 2 rings (SSSR count). The fraction of sp³-hybridized carbons (Fsp3) is 0.667. The number of aliphatic hydroxyl groups is 1. The van der Waals surface area contributed by atoms with Crippen LogP contribution in [-0.4, -0.2) is 74.2 Å². The van der Waals surface area contributed by atoms with Crippen molar-refractivity contribution in [2.45, 2.75) is 19.1 Å². The molecular formula is C15H24N4O4. The number of anilines is 1. The van der Waals surface area contributed by atoms with Gasteiger partial charge in [0.25, 0.3) is 5.91 Å². The number of methoxy groups -OCH3 is 1. The average Bonchev–Trinajstić information content (AvgIpc) is 2.53. The van der Waals surface area contributed by atoms with Gasteiger partial charge in [-0.05, 0) is 6.92 Å². The van der Waals surface area contributed by atoms with E-state index in [9.17, 15) is 9.90 Å². The maximum absolute atomic E-state index is 12.3. The van der Waals surface area contributed by atoms with Crippen LogP contribution in [0.25, 0.3) is 0 Å². The molecule has 0 radical (unpaired) electrons. The van der Waals surface area contributed by atoms with E-state index < -0.39 is 6.10 Å². The number of rotatable bonds is 5. The molecule has 1 aromatic heterocycles. The number of aryl methyl sites for hydroxylation is 1. The van der Waals surface area contributed by atoms with E-state index in [4.69, 9.17) is 9.47 Å². The van der Waals surface area contributed by atoms with Crippen LogP contribution in [0.15, 0.2) is 6.20 Å². The molecule has 23 heavy (non-hydrogen) atoms. The lowest BCUT2D eigenvalue weighted by atomic mass is 9.96. The predicted octanol–water partition coefficient (Wildman–Crippen LogP) is -0.397. The highest BCUT2D eigenvalue weighted by Gasteiger charge is 2.33. The first-order chi connectivity index (χ1) is 10.9. The van der Waals surface area contributed by atoms with Crippen molar-refractivity contribution in [1.29, 1.82) is 0 Å². The van der Waals surface area contributed by atoms with E-state index in [0.717, 1.165) is 0 Å². The molecule has 3 atom stereocenters. The highest BCUT2D eigenvalue weighted by atomic mass is 16.5. The number of amides is 1. The van der Waals surface area contributed by atoms with Gasteiger partial charge in [-0.2, -0.15) is 0 Å². The Morgan fingerprint density at radius 1 is 1.52 bits per heavy atom. The molecule has 0 unspecified atom stereocenters. The molecule has 0 bridgehead atoms. The minimum atomic E-state index is -0.664. The second-order valence-corrected chi connectivity index (χ2v) is 5.84. The van der Waals surface area contributed by atoms with Crippen LogP contribution in [0.5, 0.6) is 0 Å². The van der Waals surface area contributed by atoms with E-state index in [1.54, 1.807) is 11.8 Å². The number of hydrogen-bond donors (Lipinski definition) is 2. The lowest BCUT2D eigenvalue weighted by Gasteiger charge is -2.33. The van der Waals surface area contributed by atoms with Gasteiger partial charge >= 0.3 is 0 Å². The van der Waals surface area contributed by atoms with Crippen LogP contribution in [0.1, 0.15) is 16.1 Å². The third-order valence-electron chi connectivity index (χ3n) is 3.92. The van der Waals surface area contributed by atoms with Crippen LogP contribution in [-0.2, 0) is 9.47 Å². The summed E-state index contributed by atoms with van der Waals surface area (Å²) in [6, 6.07) is 0. The number of nitrogens with one attached hydrogen (secondary N) is 1. The minimum Gasteiger partial charge on any atom is -0.390 e. The monoisotopic (exact) mass is 324 g/mol. The Kier molecular flexibility index (Phi) is 5.86. The molecule has 0 aromatic carbocycles. The summed E-state index contributed by atoms with van der Waals surface area (Å²) in [6.45, 7) is 2.81. The van der Waals surface area contributed by atoms with Gasteiger partial charge in [0.05, 0.1) is 30.6 Å². The van der Waals surface area contributed by atoms with Crippen LogP contribution < -0.4 is 10.2 Å². The summed E-state index contributed by atoms with van der Waals surface area (Å²) < 4.78 is 10.6. The van der Waals surface area contributed by atoms with Crippen molar-refractivity contribution >= 4 is 11.9 Å². The minimum absolute atomic E-state index is 0.208. The van der Waals surface area contributed by atoms with Gasteiger partial charge in [0, 0.05) is 39.9 Å². The third kappa shape index (κ3) is 4.15. The van der Waals surface area contributed by atoms with Gasteiger partial charge in [0.15, 0.2) is 0 Å². The fourth-order valence-electron chi connectivity index (χ4n) is 2.44. The smallest absolute Gasteiger partial charge is 0.254 e. The molecule has 1 fully saturated rings. The Morgan fingerprint density at radius 3 is 2.87 bits per heavy atom. The lowest BCUT2D eigenvalue weighted by Crippen LogP contribution is -2.49. The maximum atomic E-state index is 12.3. The molecular weight excluding hydrogens is 300 g/mol. The zero-order chi connectivity index (χ0) is 17.0. The molecule has 128 valence electrons. The second kappa shape index (κ2) is 7.67. The number of aliphatic hydroxyl groups excluding tert-OH is 1. The molecule has 2 N–H and O–H groups in total.